The summed E-state index contributed by atoms with van der Waals surface area (Å²) in [6.45, 7) is 3.26. The number of likely N-dealkylation sites (tertiary alicyclic amines) is 1. The monoisotopic (exact) mass is 423 g/mol. The molecule has 9 nitrogen and oxygen atoms in total. The van der Waals surface area contributed by atoms with Crippen LogP contribution < -0.4 is 0 Å². The molecule has 0 unspecified atom stereocenters. The van der Waals surface area contributed by atoms with E-state index in [-0.39, 0.29) is 9.92 Å². The van der Waals surface area contributed by atoms with E-state index in [2.05, 4.69) is 24.8 Å². The van der Waals surface area contributed by atoms with E-state index in [9.17, 15) is 10.1 Å². The molecule has 10 heteroatoms. The van der Waals surface area contributed by atoms with E-state index in [0.29, 0.717) is 12.6 Å². The van der Waals surface area contributed by atoms with Crippen molar-refractivity contribution in [2.45, 2.75) is 32.0 Å². The number of thiophene rings is 1. The van der Waals surface area contributed by atoms with E-state index in [1.165, 1.54) is 11.3 Å². The largest absolute Gasteiger partial charge is 0.324 e. The van der Waals surface area contributed by atoms with E-state index in [4.69, 9.17) is 0 Å². The lowest BCUT2D eigenvalue weighted by molar-refractivity contribution is -0.380. The molecule has 0 saturated carbocycles. The number of rotatable bonds is 6. The molecule has 1 aliphatic rings. The molecule has 3 aromatic heterocycles. The van der Waals surface area contributed by atoms with Gasteiger partial charge in [0, 0.05) is 36.3 Å². The summed E-state index contributed by atoms with van der Waals surface area (Å²) in [5.74, 6) is 1.48. The van der Waals surface area contributed by atoms with E-state index in [1.54, 1.807) is 6.07 Å². The average Bonchev–Trinajstić information content (AvgIpc) is 3.50. The van der Waals surface area contributed by atoms with E-state index >= 15 is 0 Å². The van der Waals surface area contributed by atoms with E-state index < -0.39 is 0 Å². The predicted molar refractivity (Wildman–Crippen MR) is 113 cm³/mol. The van der Waals surface area contributed by atoms with Gasteiger partial charge in [0.25, 0.3) is 0 Å². The third kappa shape index (κ3) is 3.71. The van der Waals surface area contributed by atoms with Crippen LogP contribution in [0, 0.1) is 10.1 Å². The molecular weight excluding hydrogens is 402 g/mol. The van der Waals surface area contributed by atoms with Gasteiger partial charge in [-0.1, -0.05) is 28.7 Å². The fourth-order valence-electron chi connectivity index (χ4n) is 4.12. The Bertz CT molecular complexity index is 1170. The van der Waals surface area contributed by atoms with Crippen molar-refractivity contribution in [2.24, 2.45) is 0 Å². The number of nitro groups is 1. The fourth-order valence-corrected chi connectivity index (χ4v) is 4.84. The Morgan fingerprint density at radius 2 is 2.07 bits per heavy atom. The molecule has 4 aromatic rings. The molecular formula is C20H21N7O2S. The summed E-state index contributed by atoms with van der Waals surface area (Å²) >= 11 is 1.20. The van der Waals surface area contributed by atoms with E-state index in [1.807, 2.05) is 46.7 Å². The third-order valence-electron chi connectivity index (χ3n) is 5.63. The summed E-state index contributed by atoms with van der Waals surface area (Å²) < 4.78 is 4.06. The second kappa shape index (κ2) is 7.96. The Morgan fingerprint density at radius 3 is 2.87 bits per heavy atom. The summed E-state index contributed by atoms with van der Waals surface area (Å²) in [6, 6.07) is 9.64. The Kier molecular flexibility index (Phi) is 5.01. The smallest absolute Gasteiger partial charge is 0.314 e. The maximum Gasteiger partial charge on any atom is 0.324 e. The first-order valence-corrected chi connectivity index (χ1v) is 10.8. The second-order valence-electron chi connectivity index (χ2n) is 7.58. The van der Waals surface area contributed by atoms with Crippen LogP contribution in [0.4, 0.5) is 5.00 Å². The number of aromatic nitrogens is 5. The molecule has 5 rings (SSSR count). The molecule has 1 fully saturated rings. The predicted octanol–water partition coefficient (Wildman–Crippen LogP) is 3.48. The lowest BCUT2D eigenvalue weighted by atomic mass is 9.95. The van der Waals surface area contributed by atoms with E-state index in [0.717, 1.165) is 54.9 Å². The lowest BCUT2D eigenvalue weighted by Crippen LogP contribution is -2.33. The number of nitrogens with zero attached hydrogens (tertiary/aromatic N) is 7. The van der Waals surface area contributed by atoms with Crippen LogP contribution in [0.2, 0.25) is 0 Å². The minimum absolute atomic E-state index is 0.211. The number of benzene rings is 1. The van der Waals surface area contributed by atoms with Gasteiger partial charge in [-0.15, -0.1) is 5.10 Å². The first kappa shape index (κ1) is 18.9. The topological polar surface area (TPSA) is 94.9 Å². The number of hydrogen-bond acceptors (Lipinski definition) is 7. The van der Waals surface area contributed by atoms with Crippen molar-refractivity contribution in [1.82, 2.24) is 29.4 Å². The molecule has 1 aromatic carbocycles. The number of para-hydroxylation sites is 1. The standard InChI is InChI=1S/C20H21N7O2S/c28-27(29)19-11-15(13-30-19)12-24-8-5-16(6-9-24)20-21-7-10-25(20)14-26-18-4-2-1-3-17(18)22-23-26/h1-4,7,10-11,13,16H,5-6,8-9,12,14H2. The van der Waals surface area contributed by atoms with Crippen molar-refractivity contribution in [3.63, 3.8) is 0 Å². The van der Waals surface area contributed by atoms with Crippen LogP contribution in [-0.4, -0.2) is 47.5 Å². The Morgan fingerprint density at radius 1 is 1.23 bits per heavy atom. The molecule has 0 N–H and O–H groups in total. The molecule has 0 amide bonds. The van der Waals surface area contributed by atoms with Gasteiger partial charge < -0.3 is 4.57 Å². The first-order chi connectivity index (χ1) is 14.7. The maximum atomic E-state index is 10.9. The summed E-state index contributed by atoms with van der Waals surface area (Å²) in [5, 5.41) is 21.5. The van der Waals surface area contributed by atoms with Crippen molar-refractivity contribution in [3.05, 3.63) is 69.6 Å². The van der Waals surface area contributed by atoms with Crippen molar-refractivity contribution < 1.29 is 4.92 Å². The number of hydrogen-bond donors (Lipinski definition) is 0. The van der Waals surface area contributed by atoms with Crippen LogP contribution >= 0.6 is 11.3 Å². The quantitative estimate of drug-likeness (QED) is 0.348. The number of imidazole rings is 1. The highest BCUT2D eigenvalue weighted by Gasteiger charge is 2.25. The Balaban J connectivity index is 1.24. The summed E-state index contributed by atoms with van der Waals surface area (Å²) in [7, 11) is 0. The van der Waals surface area contributed by atoms with Crippen LogP contribution in [0.3, 0.4) is 0 Å². The molecule has 30 heavy (non-hydrogen) atoms. The van der Waals surface area contributed by atoms with Crippen LogP contribution in [0.5, 0.6) is 0 Å². The first-order valence-electron chi connectivity index (χ1n) is 9.91. The fraction of sp³-hybridized carbons (Fsp3) is 0.350. The zero-order chi connectivity index (χ0) is 20.5. The van der Waals surface area contributed by atoms with Gasteiger partial charge in [-0.2, -0.15) is 0 Å². The SMILES string of the molecule is O=[N+]([O-])c1cc(CN2CCC(c3nccn3Cn3nnc4ccccc43)CC2)cs1. The molecule has 0 atom stereocenters. The van der Waals surface area contributed by atoms with Gasteiger partial charge in [0.1, 0.15) is 18.0 Å². The Hall–Kier alpha value is -3.11. The molecule has 154 valence electrons. The third-order valence-corrected chi connectivity index (χ3v) is 6.56. The van der Waals surface area contributed by atoms with Gasteiger partial charge in [0.15, 0.2) is 0 Å². The van der Waals surface area contributed by atoms with Gasteiger partial charge in [-0.3, -0.25) is 15.0 Å². The number of piperidine rings is 1. The Labute approximate surface area is 176 Å². The lowest BCUT2D eigenvalue weighted by Gasteiger charge is -2.31. The van der Waals surface area contributed by atoms with Gasteiger partial charge in [-0.25, -0.2) is 9.67 Å². The average molecular weight is 424 g/mol. The summed E-state index contributed by atoms with van der Waals surface area (Å²) in [6.07, 6.45) is 5.89. The minimum atomic E-state index is -0.321. The molecule has 1 aliphatic heterocycles. The molecule has 0 spiro atoms. The zero-order valence-corrected chi connectivity index (χ0v) is 17.1. The summed E-state index contributed by atoms with van der Waals surface area (Å²) in [5.41, 5.74) is 2.92. The van der Waals surface area contributed by atoms with Crippen LogP contribution in [0.25, 0.3) is 11.0 Å². The molecule has 1 saturated heterocycles. The highest BCUT2D eigenvalue weighted by molar-refractivity contribution is 7.13. The van der Waals surface area contributed by atoms with Gasteiger partial charge >= 0.3 is 5.00 Å². The van der Waals surface area contributed by atoms with Crippen molar-refractivity contribution >= 4 is 27.4 Å². The normalized spacial score (nSPS) is 15.7. The van der Waals surface area contributed by atoms with Crippen molar-refractivity contribution in [3.8, 4) is 0 Å². The minimum Gasteiger partial charge on any atom is -0.314 e. The second-order valence-corrected chi connectivity index (χ2v) is 8.46. The van der Waals surface area contributed by atoms with Crippen LogP contribution in [0.1, 0.15) is 30.1 Å². The van der Waals surface area contributed by atoms with Crippen LogP contribution in [0.15, 0.2) is 48.1 Å². The highest BCUT2D eigenvalue weighted by atomic mass is 32.1. The number of fused-ring (bicyclic) bond motifs is 1. The van der Waals surface area contributed by atoms with Crippen LogP contribution in [-0.2, 0) is 13.2 Å². The van der Waals surface area contributed by atoms with Gasteiger partial charge in [-0.05, 0) is 43.6 Å². The van der Waals surface area contributed by atoms with Gasteiger partial charge in [0.2, 0.25) is 0 Å². The molecule has 0 radical (unpaired) electrons. The molecule has 0 aliphatic carbocycles. The van der Waals surface area contributed by atoms with Gasteiger partial charge in [0.05, 0.1) is 10.4 Å². The van der Waals surface area contributed by atoms with Crippen molar-refractivity contribution in [1.29, 1.82) is 0 Å². The zero-order valence-electron chi connectivity index (χ0n) is 16.3. The molecule has 4 heterocycles. The molecule has 0 bridgehead atoms. The van der Waals surface area contributed by atoms with Crippen molar-refractivity contribution in [2.75, 3.05) is 13.1 Å². The summed E-state index contributed by atoms with van der Waals surface area (Å²) in [4.78, 5) is 17.6. The highest BCUT2D eigenvalue weighted by Crippen LogP contribution is 2.29. The maximum absolute atomic E-state index is 10.9.